The summed E-state index contributed by atoms with van der Waals surface area (Å²) in [7, 11) is 0. The van der Waals surface area contributed by atoms with E-state index in [1.165, 1.54) is 11.0 Å². The third-order valence-electron chi connectivity index (χ3n) is 3.92. The minimum atomic E-state index is -1.16. The third kappa shape index (κ3) is 2.79. The minimum Gasteiger partial charge on any atom is -0.481 e. The first-order valence-corrected chi connectivity index (χ1v) is 7.03. The second-order valence-corrected chi connectivity index (χ2v) is 5.37. The molecule has 23 heavy (non-hydrogen) atoms. The molecule has 0 aromatic heterocycles. The van der Waals surface area contributed by atoms with Crippen molar-refractivity contribution in [3.63, 3.8) is 0 Å². The molecule has 4 nitrogen and oxygen atoms in total. The summed E-state index contributed by atoms with van der Waals surface area (Å²) in [5.74, 6) is -3.13. The first-order chi connectivity index (χ1) is 11.0. The van der Waals surface area contributed by atoms with Crippen LogP contribution >= 0.6 is 0 Å². The monoisotopic (exact) mass is 317 g/mol. The van der Waals surface area contributed by atoms with E-state index in [1.807, 2.05) is 0 Å². The fraction of sp³-hybridized carbons (Fsp3) is 0.176. The normalized spacial score (nSPS) is 14.7. The second kappa shape index (κ2) is 5.79. The van der Waals surface area contributed by atoms with Crippen LogP contribution in [0.15, 0.2) is 42.5 Å². The Bertz CT molecular complexity index is 791. The van der Waals surface area contributed by atoms with Crippen LogP contribution in [-0.4, -0.2) is 21.9 Å². The molecule has 1 aliphatic heterocycles. The van der Waals surface area contributed by atoms with Gasteiger partial charge in [0.15, 0.2) is 0 Å². The van der Waals surface area contributed by atoms with Gasteiger partial charge in [0, 0.05) is 23.7 Å². The SMILES string of the molecule is O=C(O)C[C@@H](c1ccc(F)cc1F)N1Cc2ccccc2C1=O. The molecule has 118 valence electrons. The largest absolute Gasteiger partial charge is 0.481 e. The van der Waals surface area contributed by atoms with E-state index in [9.17, 15) is 18.4 Å². The molecule has 1 aliphatic rings. The number of rotatable bonds is 4. The topological polar surface area (TPSA) is 57.6 Å². The van der Waals surface area contributed by atoms with E-state index in [1.54, 1.807) is 24.3 Å². The lowest BCUT2D eigenvalue weighted by molar-refractivity contribution is -0.138. The molecule has 1 atom stereocenters. The molecule has 0 radical (unpaired) electrons. The Hall–Kier alpha value is -2.76. The zero-order chi connectivity index (χ0) is 16.6. The molecule has 0 saturated carbocycles. The zero-order valence-electron chi connectivity index (χ0n) is 12.0. The Morgan fingerprint density at radius 3 is 2.61 bits per heavy atom. The average molecular weight is 317 g/mol. The van der Waals surface area contributed by atoms with Gasteiger partial charge in [-0.1, -0.05) is 24.3 Å². The number of hydrogen-bond acceptors (Lipinski definition) is 2. The molecule has 0 unspecified atom stereocenters. The quantitative estimate of drug-likeness (QED) is 0.942. The molecule has 1 amide bonds. The molecule has 2 aromatic carbocycles. The number of nitrogens with zero attached hydrogens (tertiary/aromatic N) is 1. The van der Waals surface area contributed by atoms with E-state index in [0.717, 1.165) is 11.6 Å². The molecule has 0 aliphatic carbocycles. The van der Waals surface area contributed by atoms with Crippen LogP contribution in [0.5, 0.6) is 0 Å². The number of carboxylic acid groups (broad SMARTS) is 1. The van der Waals surface area contributed by atoms with E-state index < -0.39 is 30.1 Å². The van der Waals surface area contributed by atoms with Crippen molar-refractivity contribution in [1.29, 1.82) is 0 Å². The van der Waals surface area contributed by atoms with Crippen molar-refractivity contribution in [1.82, 2.24) is 4.90 Å². The van der Waals surface area contributed by atoms with E-state index in [0.29, 0.717) is 11.6 Å². The second-order valence-electron chi connectivity index (χ2n) is 5.37. The number of amides is 1. The Morgan fingerprint density at radius 1 is 1.22 bits per heavy atom. The molecule has 0 bridgehead atoms. The summed E-state index contributed by atoms with van der Waals surface area (Å²) in [6.45, 7) is 0.198. The number of fused-ring (bicyclic) bond motifs is 1. The number of benzene rings is 2. The van der Waals surface area contributed by atoms with Crippen molar-refractivity contribution in [2.75, 3.05) is 0 Å². The molecular weight excluding hydrogens is 304 g/mol. The molecule has 1 N–H and O–H groups in total. The Morgan fingerprint density at radius 2 is 1.96 bits per heavy atom. The van der Waals surface area contributed by atoms with Gasteiger partial charge in [-0.3, -0.25) is 9.59 Å². The Labute approximate surface area is 131 Å². The van der Waals surface area contributed by atoms with Crippen LogP contribution in [0.2, 0.25) is 0 Å². The Kier molecular flexibility index (Phi) is 3.82. The Balaban J connectivity index is 2.01. The maximum Gasteiger partial charge on any atom is 0.305 e. The third-order valence-corrected chi connectivity index (χ3v) is 3.92. The molecule has 3 rings (SSSR count). The van der Waals surface area contributed by atoms with Crippen LogP contribution in [0.25, 0.3) is 0 Å². The van der Waals surface area contributed by atoms with Crippen molar-refractivity contribution >= 4 is 11.9 Å². The minimum absolute atomic E-state index is 0.00467. The van der Waals surface area contributed by atoms with Gasteiger partial charge in [0.2, 0.25) is 0 Å². The zero-order valence-corrected chi connectivity index (χ0v) is 12.0. The lowest BCUT2D eigenvalue weighted by Gasteiger charge is -2.27. The molecule has 0 saturated heterocycles. The van der Waals surface area contributed by atoms with Crippen LogP contribution in [0.1, 0.15) is 33.9 Å². The number of aliphatic carboxylic acids is 1. The fourth-order valence-electron chi connectivity index (χ4n) is 2.85. The summed E-state index contributed by atoms with van der Waals surface area (Å²) in [5, 5.41) is 9.12. The van der Waals surface area contributed by atoms with Crippen LogP contribution in [0.4, 0.5) is 8.78 Å². The van der Waals surface area contributed by atoms with Gasteiger partial charge in [0.25, 0.3) is 5.91 Å². The van der Waals surface area contributed by atoms with Gasteiger partial charge >= 0.3 is 5.97 Å². The van der Waals surface area contributed by atoms with Crippen LogP contribution < -0.4 is 0 Å². The van der Waals surface area contributed by atoms with Gasteiger partial charge in [-0.25, -0.2) is 8.78 Å². The van der Waals surface area contributed by atoms with Gasteiger partial charge in [-0.15, -0.1) is 0 Å². The van der Waals surface area contributed by atoms with Gasteiger partial charge in [0.05, 0.1) is 12.5 Å². The summed E-state index contributed by atoms with van der Waals surface area (Å²) in [5.41, 5.74) is 1.23. The number of carbonyl (C=O) groups is 2. The summed E-state index contributed by atoms with van der Waals surface area (Å²) in [6.07, 6.45) is -0.456. The highest BCUT2D eigenvalue weighted by Gasteiger charge is 2.35. The molecule has 1 heterocycles. The molecule has 0 spiro atoms. The average Bonchev–Trinajstić information content (AvgIpc) is 2.83. The summed E-state index contributed by atoms with van der Waals surface area (Å²) in [4.78, 5) is 25.0. The molecule has 0 fully saturated rings. The van der Waals surface area contributed by atoms with Crippen LogP contribution in [0, 0.1) is 11.6 Å². The maximum atomic E-state index is 14.1. The van der Waals surface area contributed by atoms with E-state index in [4.69, 9.17) is 5.11 Å². The van der Waals surface area contributed by atoms with Gasteiger partial charge < -0.3 is 10.0 Å². The summed E-state index contributed by atoms with van der Waals surface area (Å²) in [6, 6.07) is 8.86. The highest BCUT2D eigenvalue weighted by molar-refractivity contribution is 5.98. The molecule has 2 aromatic rings. The van der Waals surface area contributed by atoms with Crippen molar-refractivity contribution in [2.24, 2.45) is 0 Å². The van der Waals surface area contributed by atoms with Crippen molar-refractivity contribution in [3.8, 4) is 0 Å². The first-order valence-electron chi connectivity index (χ1n) is 7.03. The number of hydrogen-bond donors (Lipinski definition) is 1. The van der Waals surface area contributed by atoms with Crippen LogP contribution in [0.3, 0.4) is 0 Å². The number of carbonyl (C=O) groups excluding carboxylic acids is 1. The highest BCUT2D eigenvalue weighted by Crippen LogP contribution is 2.34. The van der Waals surface area contributed by atoms with E-state index >= 15 is 0 Å². The lowest BCUT2D eigenvalue weighted by Crippen LogP contribution is -2.31. The van der Waals surface area contributed by atoms with Crippen molar-refractivity contribution < 1.29 is 23.5 Å². The number of carboxylic acids is 1. The predicted molar refractivity (Wildman–Crippen MR) is 77.7 cm³/mol. The van der Waals surface area contributed by atoms with Gasteiger partial charge in [-0.2, -0.15) is 0 Å². The summed E-state index contributed by atoms with van der Waals surface area (Å²) < 4.78 is 27.2. The maximum absolute atomic E-state index is 14.1. The van der Waals surface area contributed by atoms with Gasteiger partial charge in [0.1, 0.15) is 11.6 Å². The van der Waals surface area contributed by atoms with E-state index in [2.05, 4.69) is 0 Å². The number of halogens is 2. The van der Waals surface area contributed by atoms with Crippen LogP contribution in [-0.2, 0) is 11.3 Å². The lowest BCUT2D eigenvalue weighted by atomic mass is 10.0. The first kappa shape index (κ1) is 15.1. The smallest absolute Gasteiger partial charge is 0.305 e. The van der Waals surface area contributed by atoms with E-state index in [-0.39, 0.29) is 18.0 Å². The highest BCUT2D eigenvalue weighted by atomic mass is 19.1. The standard InChI is InChI=1S/C17H13F2NO3/c18-11-5-6-13(14(19)7-11)15(8-16(21)22)20-9-10-3-1-2-4-12(10)17(20)23/h1-7,15H,8-9H2,(H,21,22)/t15-/m0/s1. The molecular formula is C17H13F2NO3. The van der Waals surface area contributed by atoms with Crippen molar-refractivity contribution in [2.45, 2.75) is 19.0 Å². The van der Waals surface area contributed by atoms with Gasteiger partial charge in [-0.05, 0) is 17.7 Å². The fourth-order valence-corrected chi connectivity index (χ4v) is 2.85. The predicted octanol–water partition coefficient (Wildman–Crippen LogP) is 3.14. The summed E-state index contributed by atoms with van der Waals surface area (Å²) >= 11 is 0. The van der Waals surface area contributed by atoms with Crippen molar-refractivity contribution in [3.05, 3.63) is 70.8 Å². The molecule has 6 heteroatoms.